The highest BCUT2D eigenvalue weighted by Crippen LogP contribution is 2.31. The van der Waals surface area contributed by atoms with Crippen molar-refractivity contribution in [3.8, 4) is 5.69 Å². The molecule has 0 bridgehead atoms. The Morgan fingerprint density at radius 2 is 1.53 bits per heavy atom. The fraction of sp³-hybridized carbons (Fsp3) is 0.233. The normalized spacial score (nSPS) is 14.3. The van der Waals surface area contributed by atoms with Crippen molar-refractivity contribution >= 4 is 28.5 Å². The fourth-order valence-electron chi connectivity index (χ4n) is 5.02. The van der Waals surface area contributed by atoms with Gasteiger partial charge in [0.2, 0.25) is 5.95 Å². The fourth-order valence-corrected chi connectivity index (χ4v) is 5.02. The van der Waals surface area contributed by atoms with Gasteiger partial charge in [0.1, 0.15) is 5.82 Å². The van der Waals surface area contributed by atoms with Gasteiger partial charge in [-0.15, -0.1) is 0 Å². The van der Waals surface area contributed by atoms with E-state index in [1.54, 1.807) is 0 Å². The summed E-state index contributed by atoms with van der Waals surface area (Å²) in [7, 11) is 0. The molecule has 0 unspecified atom stereocenters. The van der Waals surface area contributed by atoms with Crippen molar-refractivity contribution in [3.63, 3.8) is 0 Å². The number of hydrogen-bond donors (Lipinski definition) is 1. The average molecular weight is 475 g/mol. The Morgan fingerprint density at radius 1 is 0.833 bits per heavy atom. The third kappa shape index (κ3) is 4.54. The Hall–Kier alpha value is -4.19. The minimum atomic E-state index is 0.687. The van der Waals surface area contributed by atoms with Crippen molar-refractivity contribution in [2.45, 2.75) is 26.2 Å². The largest absolute Gasteiger partial charge is 0.341 e. The number of nitrogens with one attached hydrogen (secondary N) is 1. The molecule has 0 radical (unpaired) electrons. The van der Waals surface area contributed by atoms with Gasteiger partial charge in [-0.25, -0.2) is 4.68 Å². The van der Waals surface area contributed by atoms with Gasteiger partial charge in [-0.3, -0.25) is 0 Å². The molecule has 0 spiro atoms. The molecule has 1 aliphatic rings. The zero-order chi connectivity index (χ0) is 24.3. The van der Waals surface area contributed by atoms with E-state index in [0.717, 1.165) is 66.5 Å². The summed E-state index contributed by atoms with van der Waals surface area (Å²) in [5.41, 5.74) is 5.43. The van der Waals surface area contributed by atoms with Gasteiger partial charge in [0.25, 0.3) is 0 Å². The highest BCUT2D eigenvalue weighted by atomic mass is 15.3. The molecule has 1 N–H and O–H groups in total. The van der Waals surface area contributed by atoms with Crippen LogP contribution in [0.25, 0.3) is 16.7 Å². The first-order valence-corrected chi connectivity index (χ1v) is 12.7. The van der Waals surface area contributed by atoms with Crippen LogP contribution in [0.3, 0.4) is 0 Å². The molecule has 0 saturated carbocycles. The first kappa shape index (κ1) is 22.3. The second kappa shape index (κ2) is 9.82. The number of aryl methyl sites for hydroxylation is 1. The molecule has 0 amide bonds. The van der Waals surface area contributed by atoms with Gasteiger partial charge in [-0.2, -0.15) is 15.1 Å². The number of fused-ring (bicyclic) bond motifs is 1. The van der Waals surface area contributed by atoms with Gasteiger partial charge in [0.05, 0.1) is 17.3 Å². The summed E-state index contributed by atoms with van der Waals surface area (Å²) in [6.45, 7) is 4.01. The molecule has 1 fully saturated rings. The van der Waals surface area contributed by atoms with Crippen LogP contribution in [-0.2, 0) is 6.42 Å². The number of nitrogens with zero attached hydrogens (tertiary/aromatic N) is 5. The van der Waals surface area contributed by atoms with Gasteiger partial charge in [-0.1, -0.05) is 66.7 Å². The van der Waals surface area contributed by atoms with Crippen LogP contribution in [-0.4, -0.2) is 32.8 Å². The second-order valence-electron chi connectivity index (χ2n) is 9.56. The molecule has 5 aromatic rings. The smallest absolute Gasteiger partial charge is 0.229 e. The van der Waals surface area contributed by atoms with Crippen molar-refractivity contribution in [2.75, 3.05) is 23.3 Å². The number of para-hydroxylation sites is 2. The lowest BCUT2D eigenvalue weighted by atomic mass is 9.90. The maximum atomic E-state index is 5.04. The molecule has 36 heavy (non-hydrogen) atoms. The monoisotopic (exact) mass is 474 g/mol. The van der Waals surface area contributed by atoms with Crippen LogP contribution in [0.15, 0.2) is 91.1 Å². The summed E-state index contributed by atoms with van der Waals surface area (Å²) in [6, 6.07) is 29.3. The molecule has 6 heteroatoms. The maximum Gasteiger partial charge on any atom is 0.229 e. The van der Waals surface area contributed by atoms with E-state index < -0.39 is 0 Å². The van der Waals surface area contributed by atoms with Crippen LogP contribution in [0.4, 0.5) is 17.5 Å². The number of benzene rings is 3. The third-order valence-electron chi connectivity index (χ3n) is 7.08. The van der Waals surface area contributed by atoms with E-state index in [0.29, 0.717) is 5.92 Å². The van der Waals surface area contributed by atoms with E-state index in [9.17, 15) is 0 Å². The Bertz CT molecular complexity index is 1450. The van der Waals surface area contributed by atoms with E-state index >= 15 is 0 Å². The first-order valence-electron chi connectivity index (χ1n) is 12.7. The first-order chi connectivity index (χ1) is 17.7. The molecule has 6 nitrogen and oxygen atoms in total. The van der Waals surface area contributed by atoms with Gasteiger partial charge in [-0.05, 0) is 61.4 Å². The standard InChI is InChI=1S/C30H30N6/c1-22-10-8-9-15-27(22)32-28-26-21-31-36(25-13-6-3-7-14-25)29(26)34-30(33-28)35-18-16-24(17-19-35)20-23-11-4-2-5-12-23/h2-15,21,24H,16-20H2,1H3,(H,32,33,34). The van der Waals surface area contributed by atoms with E-state index in [-0.39, 0.29) is 0 Å². The Kier molecular flexibility index (Phi) is 6.08. The maximum absolute atomic E-state index is 5.04. The minimum absolute atomic E-state index is 0.687. The van der Waals surface area contributed by atoms with Crippen molar-refractivity contribution in [2.24, 2.45) is 5.92 Å². The minimum Gasteiger partial charge on any atom is -0.341 e. The van der Waals surface area contributed by atoms with Gasteiger partial charge >= 0.3 is 0 Å². The Balaban J connectivity index is 1.33. The number of anilines is 3. The number of piperidine rings is 1. The highest BCUT2D eigenvalue weighted by Gasteiger charge is 2.24. The van der Waals surface area contributed by atoms with Crippen molar-refractivity contribution in [1.82, 2.24) is 19.7 Å². The highest BCUT2D eigenvalue weighted by molar-refractivity contribution is 5.90. The molecule has 1 saturated heterocycles. The van der Waals surface area contributed by atoms with Crippen LogP contribution in [0.2, 0.25) is 0 Å². The lowest BCUT2D eigenvalue weighted by molar-refractivity contribution is 0.401. The van der Waals surface area contributed by atoms with Gasteiger partial charge in [0.15, 0.2) is 5.65 Å². The molecule has 0 atom stereocenters. The zero-order valence-corrected chi connectivity index (χ0v) is 20.5. The van der Waals surface area contributed by atoms with Crippen LogP contribution in [0.5, 0.6) is 0 Å². The Morgan fingerprint density at radius 3 is 2.28 bits per heavy atom. The van der Waals surface area contributed by atoms with Crippen LogP contribution in [0, 0.1) is 12.8 Å². The molecule has 0 aliphatic carbocycles. The molecular weight excluding hydrogens is 444 g/mol. The summed E-state index contributed by atoms with van der Waals surface area (Å²) in [5, 5.41) is 9.17. The summed E-state index contributed by atoms with van der Waals surface area (Å²) in [4.78, 5) is 12.4. The van der Waals surface area contributed by atoms with Crippen LogP contribution >= 0.6 is 0 Å². The van der Waals surface area contributed by atoms with Gasteiger partial charge in [0, 0.05) is 18.8 Å². The van der Waals surface area contributed by atoms with E-state index in [4.69, 9.17) is 15.1 Å². The predicted molar refractivity (Wildman–Crippen MR) is 146 cm³/mol. The molecule has 6 rings (SSSR count). The van der Waals surface area contributed by atoms with Crippen molar-refractivity contribution < 1.29 is 0 Å². The lowest BCUT2D eigenvalue weighted by Gasteiger charge is -2.32. The molecular formula is C30H30N6. The molecule has 2 aromatic heterocycles. The quantitative estimate of drug-likeness (QED) is 0.312. The summed E-state index contributed by atoms with van der Waals surface area (Å²) < 4.78 is 1.91. The van der Waals surface area contributed by atoms with E-state index in [1.165, 1.54) is 11.1 Å². The predicted octanol–water partition coefficient (Wildman–Crippen LogP) is 6.33. The summed E-state index contributed by atoms with van der Waals surface area (Å²) >= 11 is 0. The third-order valence-corrected chi connectivity index (χ3v) is 7.08. The van der Waals surface area contributed by atoms with Crippen LogP contribution in [0.1, 0.15) is 24.0 Å². The van der Waals surface area contributed by atoms with Crippen LogP contribution < -0.4 is 10.2 Å². The lowest BCUT2D eigenvalue weighted by Crippen LogP contribution is -2.35. The Labute approximate surface area is 211 Å². The average Bonchev–Trinajstić information content (AvgIpc) is 3.36. The summed E-state index contributed by atoms with van der Waals surface area (Å²) in [6.07, 6.45) is 5.26. The zero-order valence-electron chi connectivity index (χ0n) is 20.5. The molecule has 3 heterocycles. The van der Waals surface area contributed by atoms with E-state index in [1.807, 2.05) is 35.1 Å². The number of rotatable bonds is 6. The number of hydrogen-bond acceptors (Lipinski definition) is 5. The summed E-state index contributed by atoms with van der Waals surface area (Å²) in [5.74, 6) is 2.24. The van der Waals surface area contributed by atoms with E-state index in [2.05, 4.69) is 77.8 Å². The second-order valence-corrected chi connectivity index (χ2v) is 9.56. The van der Waals surface area contributed by atoms with Crippen molar-refractivity contribution in [1.29, 1.82) is 0 Å². The molecule has 3 aromatic carbocycles. The van der Waals surface area contributed by atoms with Crippen molar-refractivity contribution in [3.05, 3.63) is 102 Å². The number of aromatic nitrogens is 4. The SMILES string of the molecule is Cc1ccccc1Nc1nc(N2CCC(Cc3ccccc3)CC2)nc2c1cnn2-c1ccccc1. The molecule has 1 aliphatic heterocycles. The van der Waals surface area contributed by atoms with Gasteiger partial charge < -0.3 is 10.2 Å². The molecule has 180 valence electrons. The topological polar surface area (TPSA) is 58.9 Å².